The number of hydrogen-bond acceptors (Lipinski definition) is 4. The molecule has 1 unspecified atom stereocenters. The van der Waals surface area contributed by atoms with Crippen molar-refractivity contribution in [3.05, 3.63) is 71.1 Å². The maximum Gasteiger partial charge on any atom is 0.244 e. The van der Waals surface area contributed by atoms with Gasteiger partial charge in [-0.05, 0) is 35.7 Å². The molecule has 1 N–H and O–H groups in total. The van der Waals surface area contributed by atoms with E-state index in [0.717, 1.165) is 10.6 Å². The first-order chi connectivity index (χ1) is 10.8. The summed E-state index contributed by atoms with van der Waals surface area (Å²) in [6, 6.07) is 9.29. The van der Waals surface area contributed by atoms with E-state index < -0.39 is 0 Å². The Hall–Kier alpha value is -2.60. The van der Waals surface area contributed by atoms with Crippen LogP contribution >= 0.6 is 11.3 Å². The Kier molecular flexibility index (Phi) is 4.50. The summed E-state index contributed by atoms with van der Waals surface area (Å²) in [6.07, 6.45) is 8.50. The van der Waals surface area contributed by atoms with Gasteiger partial charge in [-0.25, -0.2) is 0 Å². The van der Waals surface area contributed by atoms with Crippen molar-refractivity contribution in [2.24, 2.45) is 0 Å². The van der Waals surface area contributed by atoms with Gasteiger partial charge in [0, 0.05) is 29.9 Å². The molecular formula is C16H15N3O2S. The van der Waals surface area contributed by atoms with Gasteiger partial charge in [0.2, 0.25) is 5.91 Å². The van der Waals surface area contributed by atoms with Gasteiger partial charge in [0.25, 0.3) is 0 Å². The van der Waals surface area contributed by atoms with Gasteiger partial charge in [-0.15, -0.1) is 11.3 Å². The molecule has 0 aromatic carbocycles. The molecule has 0 radical (unpaired) electrons. The predicted octanol–water partition coefficient (Wildman–Crippen LogP) is 2.96. The van der Waals surface area contributed by atoms with Crippen LogP contribution in [0.5, 0.6) is 0 Å². The van der Waals surface area contributed by atoms with Gasteiger partial charge in [0.05, 0.1) is 6.26 Å². The van der Waals surface area contributed by atoms with E-state index in [1.54, 1.807) is 34.6 Å². The quantitative estimate of drug-likeness (QED) is 0.712. The molecule has 0 aliphatic heterocycles. The third kappa shape index (κ3) is 3.53. The Morgan fingerprint density at radius 3 is 3.05 bits per heavy atom. The second-order valence-electron chi connectivity index (χ2n) is 4.61. The first kappa shape index (κ1) is 14.3. The van der Waals surface area contributed by atoms with Gasteiger partial charge >= 0.3 is 0 Å². The van der Waals surface area contributed by atoms with E-state index in [9.17, 15) is 4.79 Å². The zero-order chi connectivity index (χ0) is 15.2. The lowest BCUT2D eigenvalue weighted by Crippen LogP contribution is -2.30. The van der Waals surface area contributed by atoms with Gasteiger partial charge in [0.1, 0.15) is 11.8 Å². The number of nitrogens with zero attached hydrogens (tertiary/aromatic N) is 2. The highest BCUT2D eigenvalue weighted by Crippen LogP contribution is 2.17. The molecule has 22 heavy (non-hydrogen) atoms. The molecule has 0 spiro atoms. The Bertz CT molecular complexity index is 681. The fourth-order valence-corrected chi connectivity index (χ4v) is 2.69. The van der Waals surface area contributed by atoms with Crippen LogP contribution in [0.15, 0.2) is 64.9 Å². The number of amides is 1. The van der Waals surface area contributed by atoms with Crippen molar-refractivity contribution in [3.8, 4) is 0 Å². The minimum absolute atomic E-state index is 0.142. The number of aromatic nitrogens is 2. The van der Waals surface area contributed by atoms with Gasteiger partial charge in [-0.3, -0.25) is 9.48 Å². The molecule has 0 fully saturated rings. The highest BCUT2D eigenvalue weighted by molar-refractivity contribution is 7.10. The molecule has 3 heterocycles. The van der Waals surface area contributed by atoms with E-state index in [2.05, 4.69) is 10.4 Å². The molecule has 1 amide bonds. The number of carbonyl (C=O) groups is 1. The Morgan fingerprint density at radius 2 is 2.36 bits per heavy atom. The van der Waals surface area contributed by atoms with Crippen molar-refractivity contribution in [1.29, 1.82) is 0 Å². The number of thiophene rings is 1. The number of rotatable bonds is 6. The number of carbonyl (C=O) groups excluding carboxylic acids is 1. The molecule has 1 atom stereocenters. The molecule has 3 aromatic rings. The van der Waals surface area contributed by atoms with Gasteiger partial charge in [-0.2, -0.15) is 5.10 Å². The summed E-state index contributed by atoms with van der Waals surface area (Å²) in [7, 11) is 0. The lowest BCUT2D eigenvalue weighted by Gasteiger charge is -2.15. The fourth-order valence-electron chi connectivity index (χ4n) is 2.07. The molecule has 0 bridgehead atoms. The van der Waals surface area contributed by atoms with E-state index in [1.165, 1.54) is 6.08 Å². The summed E-state index contributed by atoms with van der Waals surface area (Å²) in [5, 5.41) is 9.08. The highest BCUT2D eigenvalue weighted by atomic mass is 32.1. The first-order valence-electron chi connectivity index (χ1n) is 6.85. The second-order valence-corrected chi connectivity index (χ2v) is 5.59. The predicted molar refractivity (Wildman–Crippen MR) is 85.4 cm³/mol. The summed E-state index contributed by atoms with van der Waals surface area (Å²) >= 11 is 1.59. The van der Waals surface area contributed by atoms with Crippen molar-refractivity contribution in [2.45, 2.75) is 6.04 Å². The van der Waals surface area contributed by atoms with Crippen molar-refractivity contribution < 1.29 is 9.21 Å². The molecule has 0 aliphatic carbocycles. The molecule has 6 heteroatoms. The largest absolute Gasteiger partial charge is 0.467 e. The van der Waals surface area contributed by atoms with E-state index in [-0.39, 0.29) is 11.9 Å². The molecule has 112 valence electrons. The van der Waals surface area contributed by atoms with Crippen LogP contribution in [0, 0.1) is 0 Å². The van der Waals surface area contributed by atoms with Crippen LogP contribution in [0.25, 0.3) is 6.08 Å². The second kappa shape index (κ2) is 6.91. The lowest BCUT2D eigenvalue weighted by molar-refractivity contribution is -0.116. The van der Waals surface area contributed by atoms with Crippen molar-refractivity contribution in [2.75, 3.05) is 6.54 Å². The third-order valence-electron chi connectivity index (χ3n) is 3.13. The maximum atomic E-state index is 11.9. The topological polar surface area (TPSA) is 60.1 Å². The minimum Gasteiger partial charge on any atom is -0.467 e. The molecule has 0 saturated carbocycles. The molecule has 3 aromatic heterocycles. The van der Waals surface area contributed by atoms with Crippen molar-refractivity contribution >= 4 is 23.3 Å². The zero-order valence-electron chi connectivity index (χ0n) is 11.8. The molecule has 0 saturated heterocycles. The standard InChI is InChI=1S/C16H15N3O2S/c20-16(7-6-13-4-2-11-22-13)17-12-14(15-5-1-10-21-15)19-9-3-8-18-19/h1-11,14H,12H2,(H,17,20). The summed E-state index contributed by atoms with van der Waals surface area (Å²) < 4.78 is 7.21. The van der Waals surface area contributed by atoms with Crippen LogP contribution in [0.4, 0.5) is 0 Å². The van der Waals surface area contributed by atoms with Crippen LogP contribution in [-0.4, -0.2) is 22.2 Å². The maximum absolute atomic E-state index is 11.9. The smallest absolute Gasteiger partial charge is 0.244 e. The summed E-state index contributed by atoms with van der Waals surface area (Å²) in [5.41, 5.74) is 0. The highest BCUT2D eigenvalue weighted by Gasteiger charge is 2.17. The normalized spacial score (nSPS) is 12.5. The van der Waals surface area contributed by atoms with E-state index >= 15 is 0 Å². The van der Waals surface area contributed by atoms with Crippen LogP contribution in [0.1, 0.15) is 16.7 Å². The van der Waals surface area contributed by atoms with Gasteiger partial charge in [-0.1, -0.05) is 6.07 Å². The monoisotopic (exact) mass is 313 g/mol. The fraction of sp³-hybridized carbons (Fsp3) is 0.125. The average molecular weight is 313 g/mol. The van der Waals surface area contributed by atoms with Gasteiger partial charge < -0.3 is 9.73 Å². The minimum atomic E-state index is -0.163. The first-order valence-corrected chi connectivity index (χ1v) is 7.73. The van der Waals surface area contributed by atoms with Crippen LogP contribution in [0.3, 0.4) is 0 Å². The molecule has 0 aliphatic rings. The van der Waals surface area contributed by atoms with Crippen molar-refractivity contribution in [3.63, 3.8) is 0 Å². The van der Waals surface area contributed by atoms with Crippen molar-refractivity contribution in [1.82, 2.24) is 15.1 Å². The number of furan rings is 1. The molecule has 3 rings (SSSR count). The van der Waals surface area contributed by atoms with Crippen LogP contribution < -0.4 is 5.32 Å². The summed E-state index contributed by atoms with van der Waals surface area (Å²) in [5.74, 6) is 0.614. The molecule has 5 nitrogen and oxygen atoms in total. The number of hydrogen-bond donors (Lipinski definition) is 1. The lowest BCUT2D eigenvalue weighted by atomic mass is 10.2. The summed E-state index contributed by atoms with van der Waals surface area (Å²) in [4.78, 5) is 13.0. The number of nitrogens with one attached hydrogen (secondary N) is 1. The Morgan fingerprint density at radius 1 is 1.41 bits per heavy atom. The third-order valence-corrected chi connectivity index (χ3v) is 3.97. The summed E-state index contributed by atoms with van der Waals surface area (Å²) in [6.45, 7) is 0.406. The Balaban J connectivity index is 1.63. The van der Waals surface area contributed by atoms with E-state index in [4.69, 9.17) is 4.42 Å². The average Bonchev–Trinajstić information content (AvgIpc) is 3.27. The van der Waals surface area contributed by atoms with Gasteiger partial charge in [0.15, 0.2) is 0 Å². The van der Waals surface area contributed by atoms with Crippen LogP contribution in [-0.2, 0) is 4.79 Å². The van der Waals surface area contributed by atoms with E-state index in [0.29, 0.717) is 6.54 Å². The van der Waals surface area contributed by atoms with Crippen LogP contribution in [0.2, 0.25) is 0 Å². The SMILES string of the molecule is O=C(C=Cc1cccs1)NCC(c1ccco1)n1cccn1. The van der Waals surface area contributed by atoms with E-state index in [1.807, 2.05) is 41.9 Å². The zero-order valence-corrected chi connectivity index (χ0v) is 12.6. The Labute approximate surface area is 131 Å². The molecular weight excluding hydrogens is 298 g/mol.